The molecule has 0 aliphatic carbocycles. The molecule has 0 saturated carbocycles. The van der Waals surface area contributed by atoms with Crippen LogP contribution in [0.3, 0.4) is 0 Å². The van der Waals surface area contributed by atoms with Crippen molar-refractivity contribution in [2.45, 2.75) is 25.4 Å². The molecule has 5 rings (SSSR count). The van der Waals surface area contributed by atoms with Crippen molar-refractivity contribution in [3.05, 3.63) is 121 Å². The van der Waals surface area contributed by atoms with Gasteiger partial charge < -0.3 is 18.1 Å². The Bertz CT molecular complexity index is 1430. The van der Waals surface area contributed by atoms with E-state index in [4.69, 9.17) is 10.5 Å². The smallest absolute Gasteiger partial charge is 1.00 e. The van der Waals surface area contributed by atoms with E-state index in [9.17, 15) is 0 Å². The molecule has 0 amide bonds. The summed E-state index contributed by atoms with van der Waals surface area (Å²) in [5.41, 5.74) is 6.95. The molecular weight excluding hydrogens is 580 g/mol. The molecule has 0 bridgehead atoms. The molecule has 1 unspecified atom stereocenters. The number of ether oxygens (including phenoxy) is 1. The van der Waals surface area contributed by atoms with Gasteiger partial charge in [0.05, 0.1) is 14.1 Å². The van der Waals surface area contributed by atoms with Gasteiger partial charge in [-0.15, -0.1) is 0 Å². The predicted octanol–water partition coefficient (Wildman–Crippen LogP) is 1.79. The van der Waals surface area contributed by atoms with Crippen molar-refractivity contribution in [1.82, 2.24) is 10.6 Å². The van der Waals surface area contributed by atoms with Crippen LogP contribution >= 0.6 is 6.91 Å². The summed E-state index contributed by atoms with van der Waals surface area (Å²) < 4.78 is 26.5. The van der Waals surface area contributed by atoms with Gasteiger partial charge in [0.25, 0.3) is 5.96 Å². The van der Waals surface area contributed by atoms with Crippen LogP contribution in [0.25, 0.3) is 0 Å². The zero-order chi connectivity index (χ0) is 29.4. The molecule has 1 aliphatic heterocycles. The van der Waals surface area contributed by atoms with Crippen LogP contribution in [-0.4, -0.2) is 43.4 Å². The Morgan fingerprint density at radius 3 is 1.77 bits per heavy atom. The molecular formula is C34H40ClFN5OP. The van der Waals surface area contributed by atoms with Crippen molar-refractivity contribution in [3.8, 4) is 5.75 Å². The van der Waals surface area contributed by atoms with Crippen LogP contribution in [0.5, 0.6) is 5.75 Å². The Morgan fingerprint density at radius 2 is 1.28 bits per heavy atom. The third-order valence-corrected chi connectivity index (χ3v) is 13.1. The molecule has 0 radical (unpaired) electrons. The minimum Gasteiger partial charge on any atom is -1.00 e. The molecule has 1 atom stereocenters. The number of unbranched alkanes of at least 4 members (excludes halogenated alkanes) is 2. The van der Waals surface area contributed by atoms with Crippen LogP contribution in [0.1, 0.15) is 31.0 Å². The number of halogens is 2. The van der Waals surface area contributed by atoms with E-state index in [0.29, 0.717) is 18.7 Å². The predicted molar refractivity (Wildman–Crippen MR) is 175 cm³/mol. The van der Waals surface area contributed by atoms with Crippen LogP contribution in [0.2, 0.25) is 0 Å². The van der Waals surface area contributed by atoms with Crippen molar-refractivity contribution >= 4 is 34.7 Å². The fourth-order valence-electron chi connectivity index (χ4n) is 5.56. The van der Waals surface area contributed by atoms with E-state index < -0.39 is 6.91 Å². The van der Waals surface area contributed by atoms with Gasteiger partial charge >= 0.3 is 213 Å². The van der Waals surface area contributed by atoms with Gasteiger partial charge in [0, 0.05) is 0 Å². The average Bonchev–Trinajstić information content (AvgIpc) is 3.04. The number of nitrogens with two attached hydrogens (primary N) is 1. The van der Waals surface area contributed by atoms with Crippen LogP contribution in [0, 0.1) is 0 Å². The molecule has 226 valence electrons. The monoisotopic (exact) mass is 619 g/mol. The van der Waals surface area contributed by atoms with Crippen LogP contribution < -0.4 is 49.4 Å². The first kappa shape index (κ1) is 32.0. The van der Waals surface area contributed by atoms with E-state index >= 15 is 4.20 Å². The summed E-state index contributed by atoms with van der Waals surface area (Å²) in [6.45, 7) is -3.61. The zero-order valence-electron chi connectivity index (χ0n) is 24.7. The molecule has 0 spiro atoms. The first-order valence-corrected chi connectivity index (χ1v) is 16.7. The van der Waals surface area contributed by atoms with E-state index in [-0.39, 0.29) is 18.6 Å². The van der Waals surface area contributed by atoms with Crippen molar-refractivity contribution in [3.63, 3.8) is 0 Å². The number of benzene rings is 4. The molecule has 4 aromatic rings. The quantitative estimate of drug-likeness (QED) is 0.136. The van der Waals surface area contributed by atoms with E-state index in [1.54, 1.807) is 0 Å². The van der Waals surface area contributed by atoms with Crippen LogP contribution in [0.4, 0.5) is 4.20 Å². The van der Waals surface area contributed by atoms with Crippen molar-refractivity contribution < 1.29 is 25.9 Å². The van der Waals surface area contributed by atoms with Crippen molar-refractivity contribution in [2.75, 3.05) is 26.9 Å². The molecule has 0 fully saturated rings. The van der Waals surface area contributed by atoms with Gasteiger partial charge in [-0.1, -0.05) is 0 Å². The average molecular weight is 620 g/mol. The maximum atomic E-state index is 18.5. The molecule has 9 heteroatoms. The summed E-state index contributed by atoms with van der Waals surface area (Å²) in [6, 6.07) is 37.2. The van der Waals surface area contributed by atoms with E-state index in [1.807, 2.05) is 134 Å². The zero-order valence-corrected chi connectivity index (χ0v) is 26.3. The third kappa shape index (κ3) is 6.84. The summed E-state index contributed by atoms with van der Waals surface area (Å²) in [6.07, 6.45) is 2.64. The molecule has 0 saturated heterocycles. The van der Waals surface area contributed by atoms with Gasteiger partial charge in [-0.05, 0) is 0 Å². The molecule has 6 nitrogen and oxygen atoms in total. The van der Waals surface area contributed by atoms with Gasteiger partial charge in [-0.25, -0.2) is 5.32 Å². The van der Waals surface area contributed by atoms with E-state index in [2.05, 4.69) is 15.6 Å². The summed E-state index contributed by atoms with van der Waals surface area (Å²) in [5, 5.41) is 8.69. The molecule has 1 aliphatic rings. The number of nitrogens with one attached hydrogen (secondary N) is 2. The van der Waals surface area contributed by atoms with Gasteiger partial charge in [0.2, 0.25) is 0 Å². The molecule has 43 heavy (non-hydrogen) atoms. The third-order valence-electron chi connectivity index (χ3n) is 7.81. The summed E-state index contributed by atoms with van der Waals surface area (Å²) in [7, 11) is 3.87. The summed E-state index contributed by atoms with van der Waals surface area (Å²) >= 11 is 0. The van der Waals surface area contributed by atoms with Crippen LogP contribution in [-0.2, 0) is 0 Å². The molecule has 1 heterocycles. The first-order chi connectivity index (χ1) is 20.4. The molecule has 0 aromatic heterocycles. The summed E-state index contributed by atoms with van der Waals surface area (Å²) in [4.78, 5) is 4.46. The standard InChI is InChI=1S/C34H39FN5OP.ClH/c1-40(2)34-38-32(37-33(36)39-34)27-21-23-28(24-22-27)41-25-13-6-14-26-42(35,29-15-7-3-8-16-29,30-17-9-4-10-18-30)31-19-11-5-12-20-31;/h3-5,7-12,15-24,32H,6,13-14,25-26H2,1-2H3,(H3,36,37,38,39);1H. The fraction of sp³-hybridized carbons (Fsp3) is 0.235. The minimum absolute atomic E-state index is 0. The van der Waals surface area contributed by atoms with Crippen molar-refractivity contribution in [1.29, 1.82) is 0 Å². The van der Waals surface area contributed by atoms with Gasteiger partial charge in [0.15, 0.2) is 0 Å². The first-order valence-electron chi connectivity index (χ1n) is 14.4. The second-order valence-corrected chi connectivity index (χ2v) is 15.2. The minimum atomic E-state index is -4.18. The number of guanidine groups is 2. The number of nitrogens with zero attached hydrogens (tertiary/aromatic N) is 2. The second-order valence-electron chi connectivity index (χ2n) is 10.8. The number of hydrogen-bond acceptors (Lipinski definition) is 3. The van der Waals surface area contributed by atoms with Gasteiger partial charge in [0.1, 0.15) is 0 Å². The number of hydrogen-bond donors (Lipinski definition) is 3. The van der Waals surface area contributed by atoms with Crippen molar-refractivity contribution in [2.24, 2.45) is 10.7 Å². The Balaban J connectivity index is 0.00000423. The number of rotatable bonds is 11. The Labute approximate surface area is 260 Å². The normalized spacial score (nSPS) is 15.5. The Morgan fingerprint density at radius 1 is 0.767 bits per heavy atom. The summed E-state index contributed by atoms with van der Waals surface area (Å²) in [5.74, 6) is 1.96. The SMILES string of the molecule is C[N+](C)=C1NC(N)=NC(c2ccc(OCCCCCP(F)(c3ccccc3)(c3ccccc3)c3ccccc3)cc2)N1.[Cl-]. The maximum absolute atomic E-state index is 18.5. The second kappa shape index (κ2) is 14.0. The topological polar surface area (TPSA) is 74.7 Å². The Kier molecular flexibility index (Phi) is 10.4. The Hall–Kier alpha value is -3.93. The number of aliphatic imine (C=N–C) groups is 1. The van der Waals surface area contributed by atoms with E-state index in [1.165, 1.54) is 0 Å². The molecule has 4 aromatic carbocycles. The molecule has 4 N–H and O–H groups in total. The van der Waals surface area contributed by atoms with Crippen LogP contribution in [0.15, 0.2) is 120 Å². The van der Waals surface area contributed by atoms with Gasteiger partial charge in [-0.3, -0.25) is 4.58 Å². The van der Waals surface area contributed by atoms with Gasteiger partial charge in [-0.2, -0.15) is 0 Å². The fourth-order valence-corrected chi connectivity index (χ4v) is 10.4. The van der Waals surface area contributed by atoms with E-state index in [0.717, 1.165) is 52.4 Å².